The largest absolute Gasteiger partial charge is 0.369 e. The van der Waals surface area contributed by atoms with Crippen molar-refractivity contribution >= 4 is 22.5 Å². The molecule has 1 aliphatic rings. The number of ether oxygens (including phenoxy) is 1. The summed E-state index contributed by atoms with van der Waals surface area (Å²) in [5.41, 5.74) is 5.08. The summed E-state index contributed by atoms with van der Waals surface area (Å²) in [4.78, 5) is 16.5. The minimum Gasteiger partial charge on any atom is -0.369 e. The average Bonchev–Trinajstić information content (AvgIpc) is 3.18. The molecular weight excluding hydrogens is 412 g/mol. The molecule has 0 radical (unpaired) electrons. The van der Waals surface area contributed by atoms with Crippen molar-refractivity contribution in [2.75, 3.05) is 25.0 Å². The number of aromatic nitrogens is 4. The van der Waals surface area contributed by atoms with E-state index in [2.05, 4.69) is 56.8 Å². The third kappa shape index (κ3) is 4.74. The zero-order valence-electron chi connectivity index (χ0n) is 19.4. The van der Waals surface area contributed by atoms with Gasteiger partial charge in [-0.3, -0.25) is 9.88 Å². The Kier molecular flexibility index (Phi) is 6.07. The highest BCUT2D eigenvalue weighted by atomic mass is 16.5. The van der Waals surface area contributed by atoms with Gasteiger partial charge in [0, 0.05) is 24.8 Å². The number of anilines is 2. The Morgan fingerprint density at radius 3 is 2.73 bits per heavy atom. The van der Waals surface area contributed by atoms with E-state index in [0.717, 1.165) is 53.9 Å². The fraction of sp³-hybridized carbons (Fsp3) is 0.346. The summed E-state index contributed by atoms with van der Waals surface area (Å²) in [6.07, 6.45) is 1.79. The molecular formula is C26H30N6O. The van der Waals surface area contributed by atoms with Gasteiger partial charge in [0.15, 0.2) is 0 Å². The molecule has 33 heavy (non-hydrogen) atoms. The number of hydrogen-bond donors (Lipinski definition) is 1. The fourth-order valence-corrected chi connectivity index (χ4v) is 4.44. The van der Waals surface area contributed by atoms with Crippen LogP contribution in [0.25, 0.3) is 11.0 Å². The summed E-state index contributed by atoms with van der Waals surface area (Å²) in [6, 6.07) is 18.7. The van der Waals surface area contributed by atoms with Crippen LogP contribution in [-0.4, -0.2) is 44.1 Å². The number of para-hydroxylation sites is 2. The molecule has 4 aromatic rings. The molecule has 7 heteroatoms. The predicted octanol–water partition coefficient (Wildman–Crippen LogP) is 5.03. The normalized spacial score (nSPS) is 17.0. The quantitative estimate of drug-likeness (QED) is 0.452. The number of aryl methyl sites for hydroxylation is 1. The Hall–Kier alpha value is -3.29. The molecule has 0 aliphatic carbocycles. The first-order valence-corrected chi connectivity index (χ1v) is 11.5. The van der Waals surface area contributed by atoms with E-state index in [4.69, 9.17) is 9.72 Å². The van der Waals surface area contributed by atoms with Gasteiger partial charge >= 0.3 is 0 Å². The van der Waals surface area contributed by atoms with E-state index in [1.54, 1.807) is 0 Å². The number of nitrogens with zero attached hydrogens (tertiary/aromatic N) is 5. The van der Waals surface area contributed by atoms with Gasteiger partial charge in [-0.2, -0.15) is 0 Å². The van der Waals surface area contributed by atoms with E-state index in [0.29, 0.717) is 12.6 Å². The van der Waals surface area contributed by atoms with Gasteiger partial charge in [-0.1, -0.05) is 18.2 Å². The van der Waals surface area contributed by atoms with Crippen molar-refractivity contribution in [1.82, 2.24) is 24.4 Å². The van der Waals surface area contributed by atoms with Gasteiger partial charge in [0.25, 0.3) is 0 Å². The Balaban J connectivity index is 1.28. The van der Waals surface area contributed by atoms with Gasteiger partial charge in [0.2, 0.25) is 0 Å². The maximum atomic E-state index is 6.08. The number of imidazole rings is 1. The van der Waals surface area contributed by atoms with E-state index in [9.17, 15) is 0 Å². The van der Waals surface area contributed by atoms with E-state index in [1.807, 2.05) is 49.5 Å². The van der Waals surface area contributed by atoms with Crippen LogP contribution >= 0.6 is 0 Å². The third-order valence-corrected chi connectivity index (χ3v) is 5.98. The molecule has 1 aromatic carbocycles. The standard InChI is InChI=1S/C26H30N6O/c1-18(2)32-23-9-5-4-8-21(23)30-26(32)17-31-13-14-33-24(16-31)22-12-11-20(15-27-22)29-25-10-6-7-19(3)28-25/h4-12,15,18,24H,13-14,16-17H2,1-3H3,(H,28,29)/t24-/m0/s1. The second-order valence-corrected chi connectivity index (χ2v) is 8.84. The smallest absolute Gasteiger partial charge is 0.130 e. The predicted molar refractivity (Wildman–Crippen MR) is 131 cm³/mol. The molecule has 0 unspecified atom stereocenters. The number of benzene rings is 1. The van der Waals surface area contributed by atoms with Crippen LogP contribution in [0, 0.1) is 6.92 Å². The summed E-state index contributed by atoms with van der Waals surface area (Å²) < 4.78 is 8.42. The molecule has 4 heterocycles. The van der Waals surface area contributed by atoms with Crippen LogP contribution in [0.5, 0.6) is 0 Å². The van der Waals surface area contributed by atoms with Crippen LogP contribution < -0.4 is 5.32 Å². The number of fused-ring (bicyclic) bond motifs is 1. The van der Waals surface area contributed by atoms with Gasteiger partial charge in [-0.15, -0.1) is 0 Å². The summed E-state index contributed by atoms with van der Waals surface area (Å²) in [5.74, 6) is 1.92. The molecule has 3 aromatic heterocycles. The van der Waals surface area contributed by atoms with Gasteiger partial charge in [0.1, 0.15) is 17.7 Å². The zero-order chi connectivity index (χ0) is 22.8. The van der Waals surface area contributed by atoms with Crippen LogP contribution in [0.3, 0.4) is 0 Å². The number of rotatable bonds is 6. The molecule has 1 fully saturated rings. The number of hydrogen-bond acceptors (Lipinski definition) is 6. The minimum absolute atomic E-state index is 0.0539. The van der Waals surface area contributed by atoms with Crippen LogP contribution in [0.1, 0.15) is 43.2 Å². The maximum absolute atomic E-state index is 6.08. The number of morpholine rings is 1. The van der Waals surface area contributed by atoms with Crippen molar-refractivity contribution in [2.24, 2.45) is 0 Å². The summed E-state index contributed by atoms with van der Waals surface area (Å²) in [7, 11) is 0. The van der Waals surface area contributed by atoms with Crippen LogP contribution in [0.15, 0.2) is 60.8 Å². The molecule has 5 rings (SSSR count). The minimum atomic E-state index is -0.0539. The Bertz CT molecular complexity index is 1230. The Morgan fingerprint density at radius 2 is 1.94 bits per heavy atom. The Labute approximate surface area is 194 Å². The molecule has 170 valence electrons. The summed E-state index contributed by atoms with van der Waals surface area (Å²) in [6.45, 7) is 9.57. The van der Waals surface area contributed by atoms with Crippen molar-refractivity contribution in [1.29, 1.82) is 0 Å². The highest BCUT2D eigenvalue weighted by Gasteiger charge is 2.25. The molecule has 1 aliphatic heterocycles. The molecule has 1 saturated heterocycles. The van der Waals surface area contributed by atoms with E-state index in [1.165, 1.54) is 5.52 Å². The summed E-state index contributed by atoms with van der Waals surface area (Å²) >= 11 is 0. The average molecular weight is 443 g/mol. The SMILES string of the molecule is Cc1cccc(Nc2ccc([C@@H]3CN(Cc4nc5ccccc5n4C(C)C)CCO3)nc2)n1. The fourth-order valence-electron chi connectivity index (χ4n) is 4.44. The summed E-state index contributed by atoms with van der Waals surface area (Å²) in [5, 5.41) is 3.31. The first-order valence-electron chi connectivity index (χ1n) is 11.5. The van der Waals surface area contributed by atoms with Crippen molar-refractivity contribution in [3.63, 3.8) is 0 Å². The maximum Gasteiger partial charge on any atom is 0.130 e. The molecule has 0 amide bonds. The van der Waals surface area contributed by atoms with E-state index in [-0.39, 0.29) is 6.10 Å². The molecule has 1 atom stereocenters. The second-order valence-electron chi connectivity index (χ2n) is 8.84. The highest BCUT2D eigenvalue weighted by Crippen LogP contribution is 2.26. The van der Waals surface area contributed by atoms with Crippen LogP contribution in [0.4, 0.5) is 11.5 Å². The molecule has 0 bridgehead atoms. The van der Waals surface area contributed by atoms with Gasteiger partial charge in [0.05, 0.1) is 41.8 Å². The van der Waals surface area contributed by atoms with Crippen molar-refractivity contribution in [2.45, 2.75) is 39.5 Å². The van der Waals surface area contributed by atoms with Crippen molar-refractivity contribution in [3.05, 3.63) is 78.0 Å². The topological polar surface area (TPSA) is 68.1 Å². The van der Waals surface area contributed by atoms with E-state index < -0.39 is 0 Å². The highest BCUT2D eigenvalue weighted by molar-refractivity contribution is 5.76. The zero-order valence-corrected chi connectivity index (χ0v) is 19.4. The van der Waals surface area contributed by atoms with Crippen LogP contribution in [0.2, 0.25) is 0 Å². The second kappa shape index (κ2) is 9.29. The third-order valence-electron chi connectivity index (χ3n) is 5.98. The van der Waals surface area contributed by atoms with Crippen molar-refractivity contribution < 1.29 is 4.74 Å². The molecule has 0 saturated carbocycles. The number of pyridine rings is 2. The lowest BCUT2D eigenvalue weighted by atomic mass is 10.2. The first kappa shape index (κ1) is 21.6. The van der Waals surface area contributed by atoms with Crippen LogP contribution in [-0.2, 0) is 11.3 Å². The van der Waals surface area contributed by atoms with Gasteiger partial charge < -0.3 is 14.6 Å². The van der Waals surface area contributed by atoms with Gasteiger partial charge in [-0.05, 0) is 57.2 Å². The van der Waals surface area contributed by atoms with Gasteiger partial charge in [-0.25, -0.2) is 9.97 Å². The lowest BCUT2D eigenvalue weighted by molar-refractivity contribution is -0.0360. The number of nitrogens with one attached hydrogen (secondary N) is 1. The first-order chi connectivity index (χ1) is 16.1. The molecule has 1 N–H and O–H groups in total. The molecule has 0 spiro atoms. The lowest BCUT2D eigenvalue weighted by Crippen LogP contribution is -2.38. The lowest BCUT2D eigenvalue weighted by Gasteiger charge is -2.32. The van der Waals surface area contributed by atoms with E-state index >= 15 is 0 Å². The van der Waals surface area contributed by atoms with Crippen molar-refractivity contribution in [3.8, 4) is 0 Å². The monoisotopic (exact) mass is 442 g/mol. The Morgan fingerprint density at radius 1 is 1.06 bits per heavy atom. The molecule has 7 nitrogen and oxygen atoms in total.